The summed E-state index contributed by atoms with van der Waals surface area (Å²) in [6, 6.07) is 13.7. The van der Waals surface area contributed by atoms with E-state index in [-0.39, 0.29) is 17.5 Å². The van der Waals surface area contributed by atoms with Crippen molar-refractivity contribution in [1.29, 1.82) is 0 Å². The Balaban J connectivity index is 1.96. The monoisotopic (exact) mass is 359 g/mol. The van der Waals surface area contributed by atoms with Crippen LogP contribution in [0.2, 0.25) is 5.02 Å². The number of amides is 3. The van der Waals surface area contributed by atoms with Gasteiger partial charge in [-0.2, -0.15) is 0 Å². The molecule has 2 aromatic rings. The fourth-order valence-electron chi connectivity index (χ4n) is 2.14. The third kappa shape index (κ3) is 6.12. The molecule has 0 aliphatic rings. The summed E-state index contributed by atoms with van der Waals surface area (Å²) in [5.41, 5.74) is 1.53. The molecule has 132 valence electrons. The predicted octanol–water partition coefficient (Wildman–Crippen LogP) is 4.19. The number of hydrogen-bond acceptors (Lipinski definition) is 2. The van der Waals surface area contributed by atoms with Crippen molar-refractivity contribution in [3.8, 4) is 0 Å². The SMILES string of the molecule is CC(C)(C)NC(=O)c1cccc(NC(=O)NCc2ccccc2Cl)c1. The van der Waals surface area contributed by atoms with Gasteiger partial charge in [0.2, 0.25) is 0 Å². The van der Waals surface area contributed by atoms with Gasteiger partial charge in [-0.05, 0) is 50.6 Å². The third-order valence-electron chi connectivity index (χ3n) is 3.27. The molecule has 0 fully saturated rings. The smallest absolute Gasteiger partial charge is 0.319 e. The van der Waals surface area contributed by atoms with Gasteiger partial charge in [0.15, 0.2) is 0 Å². The summed E-state index contributed by atoms with van der Waals surface area (Å²) >= 11 is 6.06. The summed E-state index contributed by atoms with van der Waals surface area (Å²) in [5.74, 6) is -0.187. The summed E-state index contributed by atoms with van der Waals surface area (Å²) in [4.78, 5) is 24.2. The molecule has 0 aromatic heterocycles. The van der Waals surface area contributed by atoms with E-state index in [4.69, 9.17) is 11.6 Å². The van der Waals surface area contributed by atoms with Crippen LogP contribution in [0.25, 0.3) is 0 Å². The van der Waals surface area contributed by atoms with E-state index in [1.165, 1.54) is 0 Å². The third-order valence-corrected chi connectivity index (χ3v) is 3.64. The van der Waals surface area contributed by atoms with Crippen LogP contribution in [-0.2, 0) is 6.54 Å². The molecular formula is C19H22ClN3O2. The Labute approximate surface area is 152 Å². The van der Waals surface area contributed by atoms with Crippen LogP contribution in [0.5, 0.6) is 0 Å². The Kier molecular flexibility index (Phi) is 6.04. The van der Waals surface area contributed by atoms with Crippen molar-refractivity contribution in [3.05, 3.63) is 64.7 Å². The van der Waals surface area contributed by atoms with Gasteiger partial charge >= 0.3 is 6.03 Å². The molecule has 0 radical (unpaired) electrons. The first-order valence-electron chi connectivity index (χ1n) is 7.95. The van der Waals surface area contributed by atoms with Gasteiger partial charge in [0, 0.05) is 28.4 Å². The van der Waals surface area contributed by atoms with Gasteiger partial charge in [0.1, 0.15) is 0 Å². The minimum absolute atomic E-state index is 0.187. The van der Waals surface area contributed by atoms with Gasteiger partial charge in [0.25, 0.3) is 5.91 Å². The number of rotatable bonds is 4. The van der Waals surface area contributed by atoms with E-state index in [1.54, 1.807) is 30.3 Å². The Morgan fingerprint density at radius 3 is 2.44 bits per heavy atom. The van der Waals surface area contributed by atoms with Crippen molar-refractivity contribution in [2.24, 2.45) is 0 Å². The van der Waals surface area contributed by atoms with Crippen LogP contribution in [-0.4, -0.2) is 17.5 Å². The van der Waals surface area contributed by atoms with E-state index in [0.717, 1.165) is 5.56 Å². The van der Waals surface area contributed by atoms with E-state index in [1.807, 2.05) is 39.0 Å². The van der Waals surface area contributed by atoms with Crippen molar-refractivity contribution < 1.29 is 9.59 Å². The van der Waals surface area contributed by atoms with Gasteiger partial charge in [0.05, 0.1) is 0 Å². The molecule has 25 heavy (non-hydrogen) atoms. The minimum Gasteiger partial charge on any atom is -0.347 e. The molecule has 0 aliphatic carbocycles. The molecule has 0 saturated carbocycles. The standard InChI is InChI=1S/C19H22ClN3O2/c1-19(2,3)23-17(24)13-8-6-9-15(11-13)22-18(25)21-12-14-7-4-5-10-16(14)20/h4-11H,12H2,1-3H3,(H,23,24)(H2,21,22,25). The average Bonchev–Trinajstić information content (AvgIpc) is 2.53. The fraction of sp³-hybridized carbons (Fsp3) is 0.263. The Morgan fingerprint density at radius 1 is 1.04 bits per heavy atom. The highest BCUT2D eigenvalue weighted by Crippen LogP contribution is 2.15. The normalized spacial score (nSPS) is 10.9. The number of anilines is 1. The van der Waals surface area contributed by atoms with Crippen LogP contribution in [0.1, 0.15) is 36.7 Å². The van der Waals surface area contributed by atoms with Crippen LogP contribution in [0.4, 0.5) is 10.5 Å². The molecule has 2 aromatic carbocycles. The molecule has 5 nitrogen and oxygen atoms in total. The largest absolute Gasteiger partial charge is 0.347 e. The molecule has 0 unspecified atom stereocenters. The highest BCUT2D eigenvalue weighted by molar-refractivity contribution is 6.31. The van der Waals surface area contributed by atoms with Crippen molar-refractivity contribution in [1.82, 2.24) is 10.6 Å². The molecule has 3 amide bonds. The van der Waals surface area contributed by atoms with Gasteiger partial charge in [-0.1, -0.05) is 35.9 Å². The maximum atomic E-state index is 12.2. The topological polar surface area (TPSA) is 70.2 Å². The lowest BCUT2D eigenvalue weighted by atomic mass is 10.1. The highest BCUT2D eigenvalue weighted by Gasteiger charge is 2.15. The van der Waals surface area contributed by atoms with E-state index < -0.39 is 0 Å². The number of benzene rings is 2. The van der Waals surface area contributed by atoms with Gasteiger partial charge in [-0.25, -0.2) is 4.79 Å². The predicted molar refractivity (Wildman–Crippen MR) is 101 cm³/mol. The lowest BCUT2D eigenvalue weighted by Crippen LogP contribution is -2.40. The van der Waals surface area contributed by atoms with Gasteiger partial charge < -0.3 is 16.0 Å². The lowest BCUT2D eigenvalue weighted by molar-refractivity contribution is 0.0919. The number of carbonyl (C=O) groups excluding carboxylic acids is 2. The number of carbonyl (C=O) groups is 2. The number of nitrogens with one attached hydrogen (secondary N) is 3. The summed E-state index contributed by atoms with van der Waals surface area (Å²) in [6.07, 6.45) is 0. The molecule has 2 rings (SSSR count). The van der Waals surface area contributed by atoms with Crippen molar-refractivity contribution in [2.45, 2.75) is 32.9 Å². The van der Waals surface area contributed by atoms with Gasteiger partial charge in [-0.15, -0.1) is 0 Å². The molecule has 0 saturated heterocycles. The zero-order valence-corrected chi connectivity index (χ0v) is 15.3. The Hall–Kier alpha value is -2.53. The summed E-state index contributed by atoms with van der Waals surface area (Å²) in [7, 11) is 0. The van der Waals surface area contributed by atoms with Crippen LogP contribution in [0, 0.1) is 0 Å². The van der Waals surface area contributed by atoms with Crippen LogP contribution in [0.15, 0.2) is 48.5 Å². The minimum atomic E-state index is -0.367. The first-order valence-corrected chi connectivity index (χ1v) is 8.33. The summed E-state index contributed by atoms with van der Waals surface area (Å²) < 4.78 is 0. The van der Waals surface area contributed by atoms with Crippen molar-refractivity contribution in [2.75, 3.05) is 5.32 Å². The fourth-order valence-corrected chi connectivity index (χ4v) is 2.35. The van der Waals surface area contributed by atoms with Crippen LogP contribution >= 0.6 is 11.6 Å². The Morgan fingerprint density at radius 2 is 1.76 bits per heavy atom. The van der Waals surface area contributed by atoms with Crippen LogP contribution in [0.3, 0.4) is 0 Å². The van der Waals surface area contributed by atoms with Gasteiger partial charge in [-0.3, -0.25) is 4.79 Å². The maximum absolute atomic E-state index is 12.2. The van der Waals surface area contributed by atoms with E-state index in [2.05, 4.69) is 16.0 Å². The highest BCUT2D eigenvalue weighted by atomic mass is 35.5. The number of halogens is 1. The lowest BCUT2D eigenvalue weighted by Gasteiger charge is -2.20. The maximum Gasteiger partial charge on any atom is 0.319 e. The Bertz CT molecular complexity index is 769. The molecule has 0 aliphatic heterocycles. The second-order valence-electron chi connectivity index (χ2n) is 6.68. The van der Waals surface area contributed by atoms with Crippen molar-refractivity contribution in [3.63, 3.8) is 0 Å². The first-order chi connectivity index (χ1) is 11.7. The molecule has 0 spiro atoms. The quantitative estimate of drug-likeness (QED) is 0.766. The molecule has 0 bridgehead atoms. The second-order valence-corrected chi connectivity index (χ2v) is 7.09. The first kappa shape index (κ1) is 18.8. The van der Waals surface area contributed by atoms with Crippen molar-refractivity contribution >= 4 is 29.2 Å². The molecule has 0 atom stereocenters. The molecule has 0 heterocycles. The van der Waals surface area contributed by atoms with E-state index >= 15 is 0 Å². The molecule has 6 heteroatoms. The zero-order valence-electron chi connectivity index (χ0n) is 14.5. The number of urea groups is 1. The van der Waals surface area contributed by atoms with E-state index in [0.29, 0.717) is 22.8 Å². The van der Waals surface area contributed by atoms with Crippen LogP contribution < -0.4 is 16.0 Å². The summed E-state index contributed by atoms with van der Waals surface area (Å²) in [5, 5.41) is 8.94. The average molecular weight is 360 g/mol. The zero-order chi connectivity index (χ0) is 18.4. The molecule has 3 N–H and O–H groups in total. The number of hydrogen-bond donors (Lipinski definition) is 3. The van der Waals surface area contributed by atoms with E-state index in [9.17, 15) is 9.59 Å². The summed E-state index contributed by atoms with van der Waals surface area (Å²) in [6.45, 7) is 6.05. The second kappa shape index (κ2) is 8.03. The molecular weight excluding hydrogens is 338 g/mol.